The summed E-state index contributed by atoms with van der Waals surface area (Å²) in [6.45, 7) is 1.78. The van der Waals surface area contributed by atoms with Crippen molar-refractivity contribution in [3.05, 3.63) is 29.0 Å². The Hall–Kier alpha value is -0.800. The summed E-state index contributed by atoms with van der Waals surface area (Å²) in [5, 5.41) is 3.30. The Morgan fingerprint density at radius 1 is 1.50 bits per heavy atom. The Morgan fingerprint density at radius 3 is 3.00 bits per heavy atom. The van der Waals surface area contributed by atoms with Gasteiger partial charge >= 0.3 is 0 Å². The quantitative estimate of drug-likeness (QED) is 0.817. The highest BCUT2D eigenvalue weighted by Gasteiger charge is 2.16. The topological polar surface area (TPSA) is 21.3 Å². The maximum atomic E-state index is 13.0. The fourth-order valence-corrected chi connectivity index (χ4v) is 1.59. The van der Waals surface area contributed by atoms with Gasteiger partial charge in [0.05, 0.1) is 5.02 Å². The Labute approximate surface area is 87.0 Å². The highest BCUT2D eigenvalue weighted by molar-refractivity contribution is 6.30. The Balaban J connectivity index is 2.05. The van der Waals surface area contributed by atoms with Crippen LogP contribution in [-0.4, -0.2) is 19.2 Å². The molecule has 14 heavy (non-hydrogen) atoms. The molecule has 1 aromatic rings. The molecule has 2 rings (SSSR count). The average molecular weight is 216 g/mol. The number of hydrogen-bond acceptors (Lipinski definition) is 2. The molecule has 1 fully saturated rings. The van der Waals surface area contributed by atoms with Crippen LogP contribution in [0.1, 0.15) is 6.42 Å². The van der Waals surface area contributed by atoms with E-state index in [-0.39, 0.29) is 11.1 Å². The summed E-state index contributed by atoms with van der Waals surface area (Å²) in [7, 11) is 0. The van der Waals surface area contributed by atoms with E-state index in [1.165, 1.54) is 12.1 Å². The predicted molar refractivity (Wildman–Crippen MR) is 53.3 cm³/mol. The van der Waals surface area contributed by atoms with Crippen LogP contribution in [0.3, 0.4) is 0 Å². The minimum Gasteiger partial charge on any atom is -0.489 e. The Kier molecular flexibility index (Phi) is 2.89. The fraction of sp³-hybridized carbons (Fsp3) is 0.400. The van der Waals surface area contributed by atoms with Crippen LogP contribution in [0.25, 0.3) is 0 Å². The molecule has 76 valence electrons. The molecule has 0 radical (unpaired) electrons. The van der Waals surface area contributed by atoms with E-state index in [9.17, 15) is 4.39 Å². The lowest BCUT2D eigenvalue weighted by Gasteiger charge is -2.12. The highest BCUT2D eigenvalue weighted by atomic mass is 35.5. The molecule has 1 N–H and O–H groups in total. The van der Waals surface area contributed by atoms with Crippen LogP contribution < -0.4 is 10.1 Å². The zero-order chi connectivity index (χ0) is 9.97. The van der Waals surface area contributed by atoms with Crippen molar-refractivity contribution in [3.63, 3.8) is 0 Å². The van der Waals surface area contributed by atoms with Crippen molar-refractivity contribution in [1.29, 1.82) is 0 Å². The van der Waals surface area contributed by atoms with Crippen molar-refractivity contribution in [2.24, 2.45) is 0 Å². The largest absolute Gasteiger partial charge is 0.489 e. The maximum Gasteiger partial charge on any atom is 0.145 e. The van der Waals surface area contributed by atoms with E-state index in [0.717, 1.165) is 19.5 Å². The second-order valence-corrected chi connectivity index (χ2v) is 3.72. The molecule has 0 spiro atoms. The summed E-state index contributed by atoms with van der Waals surface area (Å²) in [5.41, 5.74) is 0. The molecule has 1 aliphatic heterocycles. The Bertz CT molecular complexity index is 326. The third-order valence-corrected chi connectivity index (χ3v) is 2.52. The fourth-order valence-electron chi connectivity index (χ4n) is 1.47. The summed E-state index contributed by atoms with van der Waals surface area (Å²) in [5.74, 6) is 0.107. The third-order valence-electron chi connectivity index (χ3n) is 2.21. The molecule has 4 heteroatoms. The molecule has 1 heterocycles. The molecular weight excluding hydrogens is 205 g/mol. The zero-order valence-corrected chi connectivity index (χ0v) is 8.35. The number of nitrogens with one attached hydrogen (secondary N) is 1. The van der Waals surface area contributed by atoms with Crippen molar-refractivity contribution >= 4 is 11.6 Å². The molecule has 0 aliphatic carbocycles. The summed E-state index contributed by atoms with van der Waals surface area (Å²) in [6, 6.07) is 4.51. The molecule has 0 amide bonds. The average Bonchev–Trinajstić information content (AvgIpc) is 2.64. The molecule has 2 nitrogen and oxygen atoms in total. The molecule has 0 bridgehead atoms. The van der Waals surface area contributed by atoms with Crippen LogP contribution in [-0.2, 0) is 0 Å². The van der Waals surface area contributed by atoms with E-state index >= 15 is 0 Å². The first-order valence-electron chi connectivity index (χ1n) is 4.58. The predicted octanol–water partition coefficient (Wildman–Crippen LogP) is 2.22. The van der Waals surface area contributed by atoms with Gasteiger partial charge in [0, 0.05) is 12.6 Å². The SMILES string of the molecule is Fc1cc(OC2CCNC2)ccc1Cl. The van der Waals surface area contributed by atoms with Gasteiger partial charge in [0.2, 0.25) is 0 Å². The molecule has 1 atom stereocenters. The number of rotatable bonds is 2. The summed E-state index contributed by atoms with van der Waals surface area (Å²) < 4.78 is 18.6. The molecule has 0 aromatic heterocycles. The van der Waals surface area contributed by atoms with Crippen LogP contribution in [0.5, 0.6) is 5.75 Å². The van der Waals surface area contributed by atoms with Gasteiger partial charge in [-0.3, -0.25) is 0 Å². The smallest absolute Gasteiger partial charge is 0.145 e. The van der Waals surface area contributed by atoms with Gasteiger partial charge in [-0.15, -0.1) is 0 Å². The van der Waals surface area contributed by atoms with Crippen LogP contribution in [0.15, 0.2) is 18.2 Å². The van der Waals surface area contributed by atoms with Crippen molar-refractivity contribution in [1.82, 2.24) is 5.32 Å². The second kappa shape index (κ2) is 4.15. The van der Waals surface area contributed by atoms with Gasteiger partial charge < -0.3 is 10.1 Å². The standard InChI is InChI=1S/C10H11ClFNO/c11-9-2-1-7(5-10(9)12)14-8-3-4-13-6-8/h1-2,5,8,13H,3-4,6H2. The first-order chi connectivity index (χ1) is 6.75. The minimum absolute atomic E-state index is 0.127. The lowest BCUT2D eigenvalue weighted by Crippen LogP contribution is -2.19. The van der Waals surface area contributed by atoms with Crippen LogP contribution >= 0.6 is 11.6 Å². The Morgan fingerprint density at radius 2 is 2.36 bits per heavy atom. The summed E-state index contributed by atoms with van der Waals surface area (Å²) in [4.78, 5) is 0. The van der Waals surface area contributed by atoms with E-state index in [1.807, 2.05) is 0 Å². The number of halogens is 2. The number of ether oxygens (including phenoxy) is 1. The van der Waals surface area contributed by atoms with Crippen LogP contribution in [0.4, 0.5) is 4.39 Å². The molecule has 0 saturated carbocycles. The van der Waals surface area contributed by atoms with Crippen molar-refractivity contribution < 1.29 is 9.13 Å². The monoisotopic (exact) mass is 215 g/mol. The van der Waals surface area contributed by atoms with Crippen LogP contribution in [0.2, 0.25) is 5.02 Å². The summed E-state index contributed by atoms with van der Waals surface area (Å²) in [6.07, 6.45) is 1.11. The normalized spacial score (nSPS) is 21.1. The zero-order valence-electron chi connectivity index (χ0n) is 7.59. The van der Waals surface area contributed by atoms with Gasteiger partial charge in [-0.25, -0.2) is 4.39 Å². The molecule has 1 aliphatic rings. The molecule has 1 saturated heterocycles. The lowest BCUT2D eigenvalue weighted by molar-refractivity contribution is 0.222. The van der Waals surface area contributed by atoms with Gasteiger partial charge in [0.15, 0.2) is 0 Å². The van der Waals surface area contributed by atoms with Crippen molar-refractivity contribution in [3.8, 4) is 5.75 Å². The van der Waals surface area contributed by atoms with Gasteiger partial charge in [-0.2, -0.15) is 0 Å². The lowest BCUT2D eigenvalue weighted by atomic mass is 10.3. The molecular formula is C10H11ClFNO. The highest BCUT2D eigenvalue weighted by Crippen LogP contribution is 2.22. The van der Waals surface area contributed by atoms with E-state index in [0.29, 0.717) is 5.75 Å². The first-order valence-corrected chi connectivity index (χ1v) is 4.96. The number of hydrogen-bond donors (Lipinski definition) is 1. The second-order valence-electron chi connectivity index (χ2n) is 3.31. The van der Waals surface area contributed by atoms with Crippen LogP contribution in [0, 0.1) is 5.82 Å². The first kappa shape index (κ1) is 9.74. The summed E-state index contributed by atoms with van der Waals surface area (Å²) >= 11 is 5.55. The molecule has 1 aromatic carbocycles. The third kappa shape index (κ3) is 2.16. The number of benzene rings is 1. The minimum atomic E-state index is -0.435. The van der Waals surface area contributed by atoms with Gasteiger partial charge in [-0.05, 0) is 25.1 Å². The van der Waals surface area contributed by atoms with Gasteiger partial charge in [0.25, 0.3) is 0 Å². The molecule has 1 unspecified atom stereocenters. The van der Waals surface area contributed by atoms with E-state index in [2.05, 4.69) is 5.32 Å². The van der Waals surface area contributed by atoms with Crippen molar-refractivity contribution in [2.45, 2.75) is 12.5 Å². The van der Waals surface area contributed by atoms with E-state index in [4.69, 9.17) is 16.3 Å². The van der Waals surface area contributed by atoms with E-state index in [1.54, 1.807) is 6.07 Å². The van der Waals surface area contributed by atoms with E-state index < -0.39 is 5.82 Å². The van der Waals surface area contributed by atoms with Crippen molar-refractivity contribution in [2.75, 3.05) is 13.1 Å². The maximum absolute atomic E-state index is 13.0. The van der Waals surface area contributed by atoms with Gasteiger partial charge in [-0.1, -0.05) is 11.6 Å². The van der Waals surface area contributed by atoms with Gasteiger partial charge in [0.1, 0.15) is 17.7 Å².